The second kappa shape index (κ2) is 9.47. The van der Waals surface area contributed by atoms with E-state index < -0.39 is 63.6 Å². The molecular formula is C23H23F5N2O4S. The number of sulfonamides is 1. The zero-order valence-electron chi connectivity index (χ0n) is 18.3. The quantitative estimate of drug-likeness (QED) is 0.527. The van der Waals surface area contributed by atoms with Gasteiger partial charge in [-0.1, -0.05) is 30.3 Å². The van der Waals surface area contributed by atoms with Gasteiger partial charge in [-0.15, -0.1) is 0 Å². The third-order valence-electron chi connectivity index (χ3n) is 6.71. The van der Waals surface area contributed by atoms with E-state index in [9.17, 15) is 35.9 Å². The SMILES string of the molecule is O=C([C@H](O)CF)N1CC2(CC2)[C@H](NS(=O)(=O)C(F)F)[C@@H]1Cc1cccc(-c2cccc(F)c2)c1F. The number of likely N-dealkylation sites (tertiary alicyclic amines) is 1. The summed E-state index contributed by atoms with van der Waals surface area (Å²) in [6.45, 7) is -1.50. The van der Waals surface area contributed by atoms with Crippen molar-refractivity contribution in [2.75, 3.05) is 13.2 Å². The van der Waals surface area contributed by atoms with Crippen LogP contribution in [0.15, 0.2) is 42.5 Å². The zero-order valence-corrected chi connectivity index (χ0v) is 19.1. The predicted octanol–water partition coefficient (Wildman–Crippen LogP) is 3.01. The van der Waals surface area contributed by atoms with Crippen molar-refractivity contribution in [1.29, 1.82) is 0 Å². The largest absolute Gasteiger partial charge is 0.381 e. The van der Waals surface area contributed by atoms with Crippen LogP contribution in [0, 0.1) is 17.0 Å². The number of carbonyl (C=O) groups is 1. The number of nitrogens with zero attached hydrogens (tertiary/aromatic N) is 1. The molecule has 190 valence electrons. The standard InChI is InChI=1S/C23H23F5N2O4S/c24-11-18(31)21(32)30-12-23(7-8-23)20(29-35(33,34)22(27)28)17(30)10-14-4-2-6-16(19(14)26)13-3-1-5-15(25)9-13/h1-6,9,17-18,20,22,29,31H,7-8,10-12H2/t17-,18+,20+/m0/s1. The Balaban J connectivity index is 1.74. The van der Waals surface area contributed by atoms with Gasteiger partial charge in [0.05, 0.1) is 6.04 Å². The van der Waals surface area contributed by atoms with Crippen molar-refractivity contribution in [2.45, 2.75) is 43.2 Å². The smallest absolute Gasteiger partial charge is 0.350 e. The highest BCUT2D eigenvalue weighted by Crippen LogP contribution is 2.55. The predicted molar refractivity (Wildman–Crippen MR) is 116 cm³/mol. The van der Waals surface area contributed by atoms with Crippen LogP contribution in [-0.2, 0) is 21.2 Å². The van der Waals surface area contributed by atoms with Crippen LogP contribution >= 0.6 is 0 Å². The minimum Gasteiger partial charge on any atom is -0.381 e. The number of aliphatic hydroxyl groups excluding tert-OH is 1. The third-order valence-corrected chi connectivity index (χ3v) is 7.76. The fraction of sp³-hybridized carbons (Fsp3) is 0.435. The van der Waals surface area contributed by atoms with Gasteiger partial charge in [0.25, 0.3) is 15.9 Å². The van der Waals surface area contributed by atoms with Crippen molar-refractivity contribution >= 4 is 15.9 Å². The molecule has 2 fully saturated rings. The summed E-state index contributed by atoms with van der Waals surface area (Å²) in [5.41, 5.74) is -0.574. The molecule has 1 amide bonds. The third kappa shape index (κ3) is 4.91. The molecule has 1 aliphatic carbocycles. The van der Waals surface area contributed by atoms with Crippen LogP contribution in [0.4, 0.5) is 22.0 Å². The molecule has 0 radical (unpaired) electrons. The van der Waals surface area contributed by atoms with Crippen LogP contribution in [0.25, 0.3) is 11.1 Å². The first-order chi connectivity index (χ1) is 16.5. The van der Waals surface area contributed by atoms with E-state index in [-0.39, 0.29) is 29.7 Å². The average Bonchev–Trinajstić information content (AvgIpc) is 3.54. The van der Waals surface area contributed by atoms with E-state index in [1.54, 1.807) is 0 Å². The second-order valence-electron chi connectivity index (χ2n) is 8.96. The van der Waals surface area contributed by atoms with E-state index in [2.05, 4.69) is 0 Å². The van der Waals surface area contributed by atoms with Crippen molar-refractivity contribution in [3.05, 3.63) is 59.7 Å². The molecule has 2 aromatic carbocycles. The monoisotopic (exact) mass is 518 g/mol. The van der Waals surface area contributed by atoms with E-state index in [1.807, 2.05) is 4.72 Å². The molecule has 1 saturated heterocycles. The number of aliphatic hydroxyl groups is 1. The molecule has 0 unspecified atom stereocenters. The van der Waals surface area contributed by atoms with Gasteiger partial charge in [0.15, 0.2) is 6.10 Å². The molecule has 0 bridgehead atoms. The molecule has 12 heteroatoms. The van der Waals surface area contributed by atoms with Crippen LogP contribution in [0.3, 0.4) is 0 Å². The van der Waals surface area contributed by atoms with Crippen LogP contribution in [0.1, 0.15) is 18.4 Å². The zero-order chi connectivity index (χ0) is 25.5. The topological polar surface area (TPSA) is 86.7 Å². The lowest BCUT2D eigenvalue weighted by Crippen LogP contribution is -2.52. The van der Waals surface area contributed by atoms with Gasteiger partial charge in [0.2, 0.25) is 0 Å². The van der Waals surface area contributed by atoms with Crippen molar-refractivity contribution in [3.8, 4) is 11.1 Å². The molecular weight excluding hydrogens is 495 g/mol. The molecule has 2 N–H and O–H groups in total. The van der Waals surface area contributed by atoms with E-state index in [1.165, 1.54) is 36.4 Å². The number of hydrogen-bond acceptors (Lipinski definition) is 4. The summed E-state index contributed by atoms with van der Waals surface area (Å²) in [4.78, 5) is 13.8. The van der Waals surface area contributed by atoms with Gasteiger partial charge in [-0.3, -0.25) is 4.79 Å². The molecule has 6 nitrogen and oxygen atoms in total. The second-order valence-corrected chi connectivity index (χ2v) is 10.6. The Morgan fingerprint density at radius 2 is 1.86 bits per heavy atom. The Morgan fingerprint density at radius 3 is 2.46 bits per heavy atom. The highest BCUT2D eigenvalue weighted by Gasteiger charge is 2.62. The molecule has 3 atom stereocenters. The van der Waals surface area contributed by atoms with Gasteiger partial charge in [0.1, 0.15) is 18.3 Å². The van der Waals surface area contributed by atoms with E-state index in [0.717, 1.165) is 11.0 Å². The molecule has 4 rings (SSSR count). The van der Waals surface area contributed by atoms with Crippen LogP contribution in [0.5, 0.6) is 0 Å². The minimum absolute atomic E-state index is 0.0169. The van der Waals surface area contributed by atoms with Crippen LogP contribution in [0.2, 0.25) is 0 Å². The number of halogens is 5. The Bertz CT molecular complexity index is 1220. The summed E-state index contributed by atoms with van der Waals surface area (Å²) in [5, 5.41) is 9.81. The first-order valence-electron chi connectivity index (χ1n) is 10.9. The molecule has 0 aromatic heterocycles. The number of benzene rings is 2. The van der Waals surface area contributed by atoms with Crippen LogP contribution < -0.4 is 4.72 Å². The molecule has 2 aromatic rings. The molecule has 1 saturated carbocycles. The fourth-order valence-corrected chi connectivity index (χ4v) is 5.64. The first kappa shape index (κ1) is 25.5. The molecule has 1 heterocycles. The van der Waals surface area contributed by atoms with Crippen molar-refractivity contribution in [3.63, 3.8) is 0 Å². The number of rotatable bonds is 8. The Hall–Kier alpha value is -2.57. The number of carbonyl (C=O) groups excluding carboxylic acids is 1. The number of nitrogens with one attached hydrogen (secondary N) is 1. The van der Waals surface area contributed by atoms with Gasteiger partial charge in [0, 0.05) is 23.6 Å². The lowest BCUT2D eigenvalue weighted by atomic mass is 9.91. The summed E-state index contributed by atoms with van der Waals surface area (Å²) >= 11 is 0. The van der Waals surface area contributed by atoms with Crippen molar-refractivity contribution < 1.29 is 40.3 Å². The maximum Gasteiger partial charge on any atom is 0.350 e. The molecule has 2 aliphatic rings. The minimum atomic E-state index is -5.07. The van der Waals surface area contributed by atoms with Gasteiger partial charge in [-0.25, -0.2) is 26.3 Å². The molecule has 1 aliphatic heterocycles. The fourth-order valence-electron chi connectivity index (χ4n) is 4.77. The molecule has 35 heavy (non-hydrogen) atoms. The summed E-state index contributed by atoms with van der Waals surface area (Å²) in [6.07, 6.45) is -1.53. The highest BCUT2D eigenvalue weighted by atomic mass is 32.2. The molecule has 1 spiro atoms. The number of hydrogen-bond donors (Lipinski definition) is 2. The number of amides is 1. The lowest BCUT2D eigenvalue weighted by molar-refractivity contribution is -0.142. The summed E-state index contributed by atoms with van der Waals surface area (Å²) < 4.78 is 94.6. The maximum atomic E-state index is 15.5. The van der Waals surface area contributed by atoms with E-state index >= 15 is 4.39 Å². The first-order valence-corrected chi connectivity index (χ1v) is 12.4. The lowest BCUT2D eigenvalue weighted by Gasteiger charge is -2.30. The summed E-state index contributed by atoms with van der Waals surface area (Å²) in [5.74, 6) is -6.11. The highest BCUT2D eigenvalue weighted by molar-refractivity contribution is 7.89. The summed E-state index contributed by atoms with van der Waals surface area (Å²) in [7, 11) is -5.07. The number of alkyl halides is 3. The van der Waals surface area contributed by atoms with Crippen LogP contribution in [-0.4, -0.2) is 61.5 Å². The Morgan fingerprint density at radius 1 is 1.17 bits per heavy atom. The van der Waals surface area contributed by atoms with Gasteiger partial charge >= 0.3 is 5.76 Å². The van der Waals surface area contributed by atoms with Crippen molar-refractivity contribution in [2.24, 2.45) is 5.41 Å². The average molecular weight is 519 g/mol. The Kier molecular flexibility index (Phi) is 6.91. The van der Waals surface area contributed by atoms with Gasteiger partial charge in [-0.05, 0) is 42.5 Å². The normalized spacial score (nSPS) is 22.1. The summed E-state index contributed by atoms with van der Waals surface area (Å²) in [6, 6.07) is 7.13. The van der Waals surface area contributed by atoms with Gasteiger partial charge < -0.3 is 10.0 Å². The Labute approximate surface area is 198 Å². The van der Waals surface area contributed by atoms with Gasteiger partial charge in [-0.2, -0.15) is 8.78 Å². The van der Waals surface area contributed by atoms with E-state index in [4.69, 9.17) is 0 Å². The maximum absolute atomic E-state index is 15.5. The van der Waals surface area contributed by atoms with Crippen molar-refractivity contribution in [1.82, 2.24) is 9.62 Å². The van der Waals surface area contributed by atoms with E-state index in [0.29, 0.717) is 12.8 Å².